The third kappa shape index (κ3) is 3.08. The van der Waals surface area contributed by atoms with Crippen LogP contribution in [-0.2, 0) is 6.54 Å². The van der Waals surface area contributed by atoms with Crippen LogP contribution in [0.15, 0.2) is 17.5 Å². The molecular formula is C14H21N5S. The number of aryl methyl sites for hydroxylation is 1. The lowest BCUT2D eigenvalue weighted by Gasteiger charge is -2.29. The Labute approximate surface area is 123 Å². The lowest BCUT2D eigenvalue weighted by molar-refractivity contribution is 0.671. The van der Waals surface area contributed by atoms with Gasteiger partial charge in [0.2, 0.25) is 0 Å². The molecule has 108 valence electrons. The van der Waals surface area contributed by atoms with Gasteiger partial charge < -0.3 is 10.3 Å². The molecule has 0 aromatic carbocycles. The van der Waals surface area contributed by atoms with Crippen molar-refractivity contribution in [1.29, 1.82) is 0 Å². The van der Waals surface area contributed by atoms with Gasteiger partial charge in [-0.15, -0.1) is 11.3 Å². The number of hydrogen-bond acceptors (Lipinski definition) is 6. The summed E-state index contributed by atoms with van der Waals surface area (Å²) in [6, 6.07) is 4.56. The third-order valence-corrected chi connectivity index (χ3v) is 4.03. The molecule has 0 amide bonds. The number of nitrogens with one attached hydrogen (secondary N) is 1. The number of rotatable bonds is 5. The molecule has 0 aliphatic carbocycles. The topological polar surface area (TPSA) is 67.1 Å². The average molecular weight is 291 g/mol. The average Bonchev–Trinajstić information content (AvgIpc) is 2.91. The highest BCUT2D eigenvalue weighted by atomic mass is 32.1. The Morgan fingerprint density at radius 2 is 2.10 bits per heavy atom. The van der Waals surface area contributed by atoms with E-state index >= 15 is 0 Å². The maximum Gasteiger partial charge on any atom is 0.148 e. The number of nitrogens with zero attached hydrogens (tertiary/aromatic N) is 3. The molecule has 0 atom stereocenters. The summed E-state index contributed by atoms with van der Waals surface area (Å²) < 4.78 is 0. The second-order valence-corrected chi connectivity index (χ2v) is 6.05. The molecule has 0 unspecified atom stereocenters. The number of hydrazine groups is 1. The van der Waals surface area contributed by atoms with Crippen LogP contribution in [0.4, 0.5) is 11.6 Å². The van der Waals surface area contributed by atoms with Gasteiger partial charge in [0.1, 0.15) is 17.5 Å². The fourth-order valence-electron chi connectivity index (χ4n) is 2.11. The van der Waals surface area contributed by atoms with E-state index in [1.807, 2.05) is 13.8 Å². The summed E-state index contributed by atoms with van der Waals surface area (Å²) in [5.41, 5.74) is 3.63. The van der Waals surface area contributed by atoms with Gasteiger partial charge in [0.25, 0.3) is 0 Å². The SMILES string of the molecule is Cc1nc(NN)c(C)c(N(Cc2cccs2)C(C)C)n1. The first-order chi connectivity index (χ1) is 9.52. The van der Waals surface area contributed by atoms with Gasteiger partial charge in [-0.2, -0.15) is 0 Å². The summed E-state index contributed by atoms with van der Waals surface area (Å²) in [5.74, 6) is 7.89. The number of hydrogen-bond donors (Lipinski definition) is 2. The number of nitrogens with two attached hydrogens (primary N) is 1. The van der Waals surface area contributed by atoms with Crippen LogP contribution < -0.4 is 16.2 Å². The van der Waals surface area contributed by atoms with E-state index < -0.39 is 0 Å². The van der Waals surface area contributed by atoms with E-state index in [-0.39, 0.29) is 0 Å². The zero-order valence-corrected chi connectivity index (χ0v) is 13.2. The molecular weight excluding hydrogens is 270 g/mol. The van der Waals surface area contributed by atoms with Gasteiger partial charge in [0.15, 0.2) is 0 Å². The highest BCUT2D eigenvalue weighted by Gasteiger charge is 2.18. The molecule has 6 heteroatoms. The van der Waals surface area contributed by atoms with Gasteiger partial charge >= 0.3 is 0 Å². The fraction of sp³-hybridized carbons (Fsp3) is 0.429. The highest BCUT2D eigenvalue weighted by molar-refractivity contribution is 7.09. The van der Waals surface area contributed by atoms with E-state index in [9.17, 15) is 0 Å². The molecule has 0 spiro atoms. The van der Waals surface area contributed by atoms with Crippen LogP contribution in [0, 0.1) is 13.8 Å². The lowest BCUT2D eigenvalue weighted by Crippen LogP contribution is -2.32. The quantitative estimate of drug-likeness (QED) is 0.655. The molecule has 20 heavy (non-hydrogen) atoms. The minimum atomic E-state index is 0.343. The maximum absolute atomic E-state index is 5.54. The van der Waals surface area contributed by atoms with Crippen molar-refractivity contribution in [2.24, 2.45) is 5.84 Å². The van der Waals surface area contributed by atoms with Gasteiger partial charge in [-0.3, -0.25) is 0 Å². The lowest BCUT2D eigenvalue weighted by atomic mass is 10.2. The first-order valence-electron chi connectivity index (χ1n) is 6.63. The number of anilines is 2. The molecule has 2 aromatic heterocycles. The molecule has 2 heterocycles. The fourth-order valence-corrected chi connectivity index (χ4v) is 2.81. The smallest absolute Gasteiger partial charge is 0.148 e. The Hall–Kier alpha value is -1.66. The standard InChI is InChI=1S/C14H21N5S/c1-9(2)19(8-12-6-5-7-20-12)14-10(3)13(18-15)16-11(4)17-14/h5-7,9H,8,15H2,1-4H3,(H,16,17,18). The van der Waals surface area contributed by atoms with Crippen LogP contribution in [0.25, 0.3) is 0 Å². The van der Waals surface area contributed by atoms with Gasteiger partial charge in [0.05, 0.1) is 6.54 Å². The Bertz CT molecular complexity index is 565. The normalized spacial score (nSPS) is 10.9. The summed E-state index contributed by atoms with van der Waals surface area (Å²) in [7, 11) is 0. The molecule has 0 bridgehead atoms. The van der Waals surface area contributed by atoms with E-state index in [4.69, 9.17) is 5.84 Å². The Kier molecular flexibility index (Phi) is 4.57. The predicted molar refractivity (Wildman–Crippen MR) is 85.0 cm³/mol. The molecule has 0 aliphatic rings. The third-order valence-electron chi connectivity index (χ3n) is 3.17. The molecule has 0 saturated carbocycles. The zero-order chi connectivity index (χ0) is 14.7. The predicted octanol–water partition coefficient (Wildman–Crippen LogP) is 2.86. The van der Waals surface area contributed by atoms with Crippen molar-refractivity contribution in [1.82, 2.24) is 9.97 Å². The summed E-state index contributed by atoms with van der Waals surface area (Å²) in [5, 5.41) is 2.10. The first kappa shape index (κ1) is 14.7. The van der Waals surface area contributed by atoms with E-state index in [1.165, 1.54) is 4.88 Å². The van der Waals surface area contributed by atoms with E-state index in [2.05, 4.69) is 51.7 Å². The zero-order valence-electron chi connectivity index (χ0n) is 12.3. The van der Waals surface area contributed by atoms with Crippen molar-refractivity contribution in [3.8, 4) is 0 Å². The maximum atomic E-state index is 5.54. The molecule has 3 N–H and O–H groups in total. The van der Waals surface area contributed by atoms with Crippen molar-refractivity contribution in [2.75, 3.05) is 10.3 Å². The largest absolute Gasteiger partial charge is 0.349 e. The van der Waals surface area contributed by atoms with Gasteiger partial charge in [-0.1, -0.05) is 6.07 Å². The summed E-state index contributed by atoms with van der Waals surface area (Å²) in [6.45, 7) is 9.05. The van der Waals surface area contributed by atoms with Crippen LogP contribution in [0.2, 0.25) is 0 Å². The second-order valence-electron chi connectivity index (χ2n) is 5.01. The van der Waals surface area contributed by atoms with Gasteiger partial charge in [-0.25, -0.2) is 15.8 Å². The van der Waals surface area contributed by atoms with Crippen molar-refractivity contribution in [3.05, 3.63) is 33.8 Å². The minimum Gasteiger partial charge on any atom is -0.349 e. The molecule has 2 aromatic rings. The van der Waals surface area contributed by atoms with Crippen LogP contribution in [0.3, 0.4) is 0 Å². The molecule has 2 rings (SSSR count). The van der Waals surface area contributed by atoms with Crippen LogP contribution in [0.5, 0.6) is 0 Å². The monoisotopic (exact) mass is 291 g/mol. The first-order valence-corrected chi connectivity index (χ1v) is 7.51. The Morgan fingerprint density at radius 1 is 1.35 bits per heavy atom. The minimum absolute atomic E-state index is 0.343. The van der Waals surface area contributed by atoms with E-state index in [1.54, 1.807) is 11.3 Å². The van der Waals surface area contributed by atoms with Crippen molar-refractivity contribution < 1.29 is 0 Å². The summed E-state index contributed by atoms with van der Waals surface area (Å²) in [6.07, 6.45) is 0. The van der Waals surface area contributed by atoms with Crippen molar-refractivity contribution in [2.45, 2.75) is 40.3 Å². The number of aromatic nitrogens is 2. The second kappa shape index (κ2) is 6.19. The van der Waals surface area contributed by atoms with E-state index in [0.29, 0.717) is 11.9 Å². The molecule has 5 nitrogen and oxygen atoms in total. The highest BCUT2D eigenvalue weighted by Crippen LogP contribution is 2.27. The van der Waals surface area contributed by atoms with Crippen molar-refractivity contribution in [3.63, 3.8) is 0 Å². The molecule has 0 fully saturated rings. The van der Waals surface area contributed by atoms with Crippen LogP contribution in [0.1, 0.15) is 30.1 Å². The van der Waals surface area contributed by atoms with Gasteiger partial charge in [0, 0.05) is 16.5 Å². The number of nitrogen functional groups attached to an aromatic ring is 1. The van der Waals surface area contributed by atoms with E-state index in [0.717, 1.165) is 23.8 Å². The Balaban J connectivity index is 2.41. The van der Waals surface area contributed by atoms with Crippen LogP contribution >= 0.6 is 11.3 Å². The van der Waals surface area contributed by atoms with Crippen molar-refractivity contribution >= 4 is 23.0 Å². The molecule has 0 saturated heterocycles. The summed E-state index contributed by atoms with van der Waals surface area (Å²) in [4.78, 5) is 12.5. The molecule has 0 aliphatic heterocycles. The Morgan fingerprint density at radius 3 is 2.65 bits per heavy atom. The molecule has 0 radical (unpaired) electrons. The van der Waals surface area contributed by atoms with Crippen LogP contribution in [-0.4, -0.2) is 16.0 Å². The number of thiophene rings is 1. The van der Waals surface area contributed by atoms with Gasteiger partial charge in [-0.05, 0) is 39.1 Å². The summed E-state index contributed by atoms with van der Waals surface area (Å²) >= 11 is 1.76.